The smallest absolute Gasteiger partial charge is 0.407 e. The summed E-state index contributed by atoms with van der Waals surface area (Å²) in [6.45, 7) is 1.97. The molecule has 2 aromatic rings. The Morgan fingerprint density at radius 1 is 1.17 bits per heavy atom. The highest BCUT2D eigenvalue weighted by Gasteiger charge is 2.10. The van der Waals surface area contributed by atoms with E-state index in [1.165, 1.54) is 0 Å². The van der Waals surface area contributed by atoms with E-state index in [4.69, 9.17) is 9.15 Å². The fraction of sp³-hybridized carbons (Fsp3) is 0.333. The number of furan rings is 1. The van der Waals surface area contributed by atoms with Crippen LogP contribution >= 0.6 is 0 Å². The van der Waals surface area contributed by atoms with E-state index < -0.39 is 6.09 Å². The molecule has 0 radical (unpaired) electrons. The fourth-order valence-electron chi connectivity index (χ4n) is 2.14. The van der Waals surface area contributed by atoms with Crippen LogP contribution in [0.4, 0.5) is 4.79 Å². The molecule has 2 N–H and O–H groups in total. The lowest BCUT2D eigenvalue weighted by Crippen LogP contribution is -2.41. The Labute approximate surface area is 141 Å². The summed E-state index contributed by atoms with van der Waals surface area (Å²) in [6, 6.07) is 13.1. The van der Waals surface area contributed by atoms with Crippen LogP contribution in [0.5, 0.6) is 0 Å². The van der Waals surface area contributed by atoms with Crippen LogP contribution in [0.1, 0.15) is 24.7 Å². The average molecular weight is 330 g/mol. The molecule has 1 atom stereocenters. The monoisotopic (exact) mass is 330 g/mol. The van der Waals surface area contributed by atoms with Gasteiger partial charge in [-0.1, -0.05) is 30.3 Å². The van der Waals surface area contributed by atoms with Gasteiger partial charge in [0.05, 0.1) is 6.26 Å². The molecule has 1 heterocycles. The Kier molecular flexibility index (Phi) is 6.89. The molecule has 6 nitrogen and oxygen atoms in total. The minimum Gasteiger partial charge on any atom is -0.469 e. The summed E-state index contributed by atoms with van der Waals surface area (Å²) in [5.74, 6) is 0.636. The first-order valence-electron chi connectivity index (χ1n) is 7.90. The Balaban J connectivity index is 1.58. The van der Waals surface area contributed by atoms with Gasteiger partial charge in [0.15, 0.2) is 0 Å². The quantitative estimate of drug-likeness (QED) is 0.780. The molecule has 0 aliphatic rings. The molecule has 1 aromatic heterocycles. The number of rotatable bonds is 8. The number of ether oxygens (including phenoxy) is 1. The summed E-state index contributed by atoms with van der Waals surface area (Å²) < 4.78 is 10.3. The number of nitrogens with one attached hydrogen (secondary N) is 2. The van der Waals surface area contributed by atoms with Gasteiger partial charge in [0.25, 0.3) is 0 Å². The Morgan fingerprint density at radius 3 is 2.67 bits per heavy atom. The summed E-state index contributed by atoms with van der Waals surface area (Å²) in [6.07, 6.45) is 2.53. The van der Waals surface area contributed by atoms with Crippen LogP contribution in [0.3, 0.4) is 0 Å². The molecule has 0 bridgehead atoms. The van der Waals surface area contributed by atoms with Crippen LogP contribution in [-0.4, -0.2) is 24.6 Å². The van der Waals surface area contributed by atoms with Crippen LogP contribution in [0.2, 0.25) is 0 Å². The standard InChI is InChI=1S/C18H22N2O4/c1-14(9-10-16-8-5-11-23-16)20-17(21)12-19-18(22)24-13-15-6-3-2-4-7-15/h2-8,11,14H,9-10,12-13H2,1H3,(H,19,22)(H,20,21). The van der Waals surface area contributed by atoms with Gasteiger partial charge in [-0.05, 0) is 31.0 Å². The third-order valence-electron chi connectivity index (χ3n) is 3.42. The predicted octanol–water partition coefficient (Wildman–Crippen LogP) is 2.64. The molecule has 2 rings (SSSR count). The van der Waals surface area contributed by atoms with Crippen LogP contribution < -0.4 is 10.6 Å². The van der Waals surface area contributed by atoms with Crippen LogP contribution in [0.25, 0.3) is 0 Å². The molecular formula is C18H22N2O4. The van der Waals surface area contributed by atoms with Crippen molar-refractivity contribution < 1.29 is 18.7 Å². The molecule has 2 amide bonds. The average Bonchev–Trinajstić information content (AvgIpc) is 3.11. The molecule has 1 unspecified atom stereocenters. The van der Waals surface area contributed by atoms with Crippen molar-refractivity contribution in [2.75, 3.05) is 6.54 Å². The maximum absolute atomic E-state index is 11.8. The van der Waals surface area contributed by atoms with E-state index in [9.17, 15) is 9.59 Å². The largest absolute Gasteiger partial charge is 0.469 e. The maximum atomic E-state index is 11.8. The van der Waals surface area contributed by atoms with Crippen molar-refractivity contribution in [3.8, 4) is 0 Å². The molecule has 24 heavy (non-hydrogen) atoms. The van der Waals surface area contributed by atoms with E-state index in [1.807, 2.05) is 49.4 Å². The second kappa shape index (κ2) is 9.39. The number of carbonyl (C=O) groups is 2. The number of alkyl carbamates (subject to hydrolysis) is 1. The van der Waals surface area contributed by atoms with Crippen molar-refractivity contribution in [2.45, 2.75) is 32.4 Å². The summed E-state index contributed by atoms with van der Waals surface area (Å²) >= 11 is 0. The Bertz CT molecular complexity index is 626. The fourth-order valence-corrected chi connectivity index (χ4v) is 2.14. The minimum absolute atomic E-state index is 0.00950. The van der Waals surface area contributed by atoms with E-state index in [0.29, 0.717) is 0 Å². The predicted molar refractivity (Wildman–Crippen MR) is 89.3 cm³/mol. The van der Waals surface area contributed by atoms with Crippen molar-refractivity contribution in [1.29, 1.82) is 0 Å². The van der Waals surface area contributed by atoms with E-state index in [-0.39, 0.29) is 25.1 Å². The summed E-state index contributed by atoms with van der Waals surface area (Å²) in [7, 11) is 0. The van der Waals surface area contributed by atoms with Crippen molar-refractivity contribution in [3.63, 3.8) is 0 Å². The van der Waals surface area contributed by atoms with Gasteiger partial charge in [0, 0.05) is 12.5 Å². The van der Waals surface area contributed by atoms with Gasteiger partial charge in [-0.25, -0.2) is 4.79 Å². The molecule has 0 aliphatic carbocycles. The zero-order chi connectivity index (χ0) is 17.2. The second-order valence-corrected chi connectivity index (χ2v) is 5.50. The third-order valence-corrected chi connectivity index (χ3v) is 3.42. The molecule has 0 saturated carbocycles. The third kappa shape index (κ3) is 6.56. The number of carbonyl (C=O) groups excluding carboxylic acids is 2. The second-order valence-electron chi connectivity index (χ2n) is 5.50. The summed E-state index contributed by atoms with van der Waals surface area (Å²) in [5.41, 5.74) is 0.892. The van der Waals surface area contributed by atoms with Gasteiger partial charge in [-0.3, -0.25) is 4.79 Å². The van der Waals surface area contributed by atoms with Crippen molar-refractivity contribution in [3.05, 3.63) is 60.1 Å². The van der Waals surface area contributed by atoms with Gasteiger partial charge in [-0.15, -0.1) is 0 Å². The van der Waals surface area contributed by atoms with E-state index in [2.05, 4.69) is 10.6 Å². The maximum Gasteiger partial charge on any atom is 0.407 e. The van der Waals surface area contributed by atoms with Gasteiger partial charge >= 0.3 is 6.09 Å². The molecule has 0 spiro atoms. The van der Waals surface area contributed by atoms with E-state index in [0.717, 1.165) is 24.2 Å². The summed E-state index contributed by atoms with van der Waals surface area (Å²) in [5, 5.41) is 5.26. The Hall–Kier alpha value is -2.76. The lowest BCUT2D eigenvalue weighted by Gasteiger charge is -2.13. The summed E-state index contributed by atoms with van der Waals surface area (Å²) in [4.78, 5) is 23.4. The number of hydrogen-bond acceptors (Lipinski definition) is 4. The first-order valence-corrected chi connectivity index (χ1v) is 7.90. The van der Waals surface area contributed by atoms with Crippen molar-refractivity contribution in [2.24, 2.45) is 0 Å². The minimum atomic E-state index is -0.614. The number of benzene rings is 1. The first kappa shape index (κ1) is 17.6. The number of amides is 2. The van der Waals surface area contributed by atoms with Gasteiger partial charge in [0.1, 0.15) is 18.9 Å². The number of hydrogen-bond donors (Lipinski definition) is 2. The molecule has 0 aliphatic heterocycles. The molecule has 0 fully saturated rings. The van der Waals surface area contributed by atoms with E-state index >= 15 is 0 Å². The molecular weight excluding hydrogens is 308 g/mol. The normalized spacial score (nSPS) is 11.5. The highest BCUT2D eigenvalue weighted by atomic mass is 16.5. The number of aryl methyl sites for hydroxylation is 1. The Morgan fingerprint density at radius 2 is 1.96 bits per heavy atom. The van der Waals surface area contributed by atoms with Gasteiger partial charge < -0.3 is 19.8 Å². The molecule has 128 valence electrons. The molecule has 0 saturated heterocycles. The first-order chi connectivity index (χ1) is 11.6. The van der Waals surface area contributed by atoms with E-state index in [1.54, 1.807) is 6.26 Å². The zero-order valence-electron chi connectivity index (χ0n) is 13.7. The highest BCUT2D eigenvalue weighted by Crippen LogP contribution is 2.05. The van der Waals surface area contributed by atoms with Gasteiger partial charge in [-0.2, -0.15) is 0 Å². The van der Waals surface area contributed by atoms with Crippen LogP contribution in [0.15, 0.2) is 53.1 Å². The van der Waals surface area contributed by atoms with Crippen molar-refractivity contribution >= 4 is 12.0 Å². The lowest BCUT2D eigenvalue weighted by atomic mass is 10.1. The van der Waals surface area contributed by atoms with Gasteiger partial charge in [0.2, 0.25) is 5.91 Å². The lowest BCUT2D eigenvalue weighted by molar-refractivity contribution is -0.120. The molecule has 1 aromatic carbocycles. The van der Waals surface area contributed by atoms with Crippen molar-refractivity contribution in [1.82, 2.24) is 10.6 Å². The topological polar surface area (TPSA) is 80.6 Å². The molecule has 6 heteroatoms. The SMILES string of the molecule is CC(CCc1ccco1)NC(=O)CNC(=O)OCc1ccccc1. The van der Waals surface area contributed by atoms with Crippen LogP contribution in [-0.2, 0) is 22.6 Å². The zero-order valence-corrected chi connectivity index (χ0v) is 13.7. The van der Waals surface area contributed by atoms with Crippen LogP contribution in [0, 0.1) is 0 Å². The highest BCUT2D eigenvalue weighted by molar-refractivity contribution is 5.82.